The maximum atomic E-state index is 4.07. The lowest BCUT2D eigenvalue weighted by Crippen LogP contribution is -2.59. The van der Waals surface area contributed by atoms with E-state index in [1.54, 1.807) is 0 Å². The van der Waals surface area contributed by atoms with E-state index in [0.717, 1.165) is 23.3 Å². The minimum Gasteiger partial charge on any atom is -0.332 e. The molecule has 0 aromatic heterocycles. The molecule has 2 rings (SSSR count). The van der Waals surface area contributed by atoms with Crippen LogP contribution in [0.3, 0.4) is 0 Å². The zero-order valence-corrected chi connectivity index (χ0v) is 17.0. The Morgan fingerprint density at radius 1 is 1.00 bits per heavy atom. The molecule has 0 aliphatic heterocycles. The lowest BCUT2D eigenvalue weighted by molar-refractivity contribution is 0.288. The van der Waals surface area contributed by atoms with Gasteiger partial charge in [0.25, 0.3) is 0 Å². The van der Waals surface area contributed by atoms with E-state index < -0.39 is 8.24 Å². The molecule has 0 amide bonds. The number of nitrogens with one attached hydrogen (secondary N) is 1. The van der Waals surface area contributed by atoms with E-state index in [2.05, 4.69) is 83.9 Å². The lowest BCUT2D eigenvalue weighted by atomic mass is 9.83. The second-order valence-corrected chi connectivity index (χ2v) is 14.8. The zero-order chi connectivity index (χ0) is 16.8. The zero-order valence-electron chi connectivity index (χ0n) is 16.0. The molecule has 0 bridgehead atoms. The Kier molecular flexibility index (Phi) is 4.86. The van der Waals surface area contributed by atoms with Gasteiger partial charge in [-0.2, -0.15) is 0 Å². The van der Waals surface area contributed by atoms with E-state index in [-0.39, 0.29) is 5.54 Å². The summed E-state index contributed by atoms with van der Waals surface area (Å²) >= 11 is 0. The minimum absolute atomic E-state index is 0.217. The van der Waals surface area contributed by atoms with Crippen LogP contribution in [0.1, 0.15) is 54.4 Å². The van der Waals surface area contributed by atoms with Crippen LogP contribution >= 0.6 is 0 Å². The molecule has 126 valence electrons. The van der Waals surface area contributed by atoms with Crippen LogP contribution in [-0.2, 0) is 0 Å². The second-order valence-electron chi connectivity index (χ2n) is 10.4. The third-order valence-corrected chi connectivity index (χ3v) is 9.12. The van der Waals surface area contributed by atoms with Crippen molar-refractivity contribution in [2.24, 2.45) is 23.2 Å². The van der Waals surface area contributed by atoms with E-state index in [1.807, 2.05) is 0 Å². The summed E-state index contributed by atoms with van der Waals surface area (Å²) in [5, 5.41) is 0. The van der Waals surface area contributed by atoms with Crippen LogP contribution in [0, 0.1) is 23.2 Å². The van der Waals surface area contributed by atoms with Gasteiger partial charge in [-0.15, -0.1) is 0 Å². The molecule has 0 aromatic rings. The molecule has 1 N–H and O–H groups in total. The fourth-order valence-electron chi connectivity index (χ4n) is 5.22. The minimum atomic E-state index is -1.51. The van der Waals surface area contributed by atoms with E-state index in [9.17, 15) is 0 Å². The molecule has 0 heterocycles. The molecule has 1 fully saturated rings. The first-order chi connectivity index (χ1) is 9.89. The quantitative estimate of drug-likeness (QED) is 0.652. The summed E-state index contributed by atoms with van der Waals surface area (Å²) in [6.45, 7) is 19.3. The van der Waals surface area contributed by atoms with Gasteiger partial charge in [0.05, 0.1) is 0 Å². The normalized spacial score (nSPS) is 32.4. The molecule has 0 spiro atoms. The molecule has 4 atom stereocenters. The van der Waals surface area contributed by atoms with Crippen LogP contribution < -0.4 is 4.98 Å². The van der Waals surface area contributed by atoms with Crippen LogP contribution in [0.15, 0.2) is 24.3 Å². The van der Waals surface area contributed by atoms with Gasteiger partial charge in [-0.25, -0.2) is 0 Å². The van der Waals surface area contributed by atoms with Crippen LogP contribution in [0.5, 0.6) is 0 Å². The first-order valence-electron chi connectivity index (χ1n) is 9.03. The van der Waals surface area contributed by atoms with Gasteiger partial charge in [0.15, 0.2) is 0 Å². The SMILES string of the molecule is CC(C)(C)CC1CC2C=CC=CC2C1[Si](C)(C)NC(C)(C)C. The highest BCUT2D eigenvalue weighted by atomic mass is 28.3. The molecule has 22 heavy (non-hydrogen) atoms. The molecule has 4 unspecified atom stereocenters. The van der Waals surface area contributed by atoms with Crippen LogP contribution in [0.2, 0.25) is 18.6 Å². The van der Waals surface area contributed by atoms with Crippen molar-refractivity contribution in [1.29, 1.82) is 0 Å². The van der Waals surface area contributed by atoms with Crippen LogP contribution in [0.25, 0.3) is 0 Å². The third-order valence-electron chi connectivity index (χ3n) is 5.20. The summed E-state index contributed by atoms with van der Waals surface area (Å²) in [5.41, 5.74) is 1.49. The van der Waals surface area contributed by atoms with Crippen molar-refractivity contribution in [2.75, 3.05) is 0 Å². The summed E-state index contributed by atoms with van der Waals surface area (Å²) in [6.07, 6.45) is 12.3. The highest BCUT2D eigenvalue weighted by Gasteiger charge is 2.51. The van der Waals surface area contributed by atoms with Gasteiger partial charge in [0, 0.05) is 5.54 Å². The van der Waals surface area contributed by atoms with Gasteiger partial charge in [-0.3, -0.25) is 0 Å². The Balaban J connectivity index is 2.29. The topological polar surface area (TPSA) is 12.0 Å². The number of fused-ring (bicyclic) bond motifs is 1. The van der Waals surface area contributed by atoms with Crippen molar-refractivity contribution >= 4 is 8.24 Å². The maximum absolute atomic E-state index is 4.07. The Hall–Kier alpha value is -0.343. The first-order valence-corrected chi connectivity index (χ1v) is 12.1. The standard InChI is InChI=1S/C20H37NSi/c1-19(2,3)14-16-13-15-11-9-10-12-17(15)18(16)22(7,8)21-20(4,5)6/h9-12,15-18,21H,13-14H2,1-8H3. The van der Waals surface area contributed by atoms with Crippen molar-refractivity contribution in [3.8, 4) is 0 Å². The molecule has 2 heteroatoms. The molecular formula is C20H37NSi. The Morgan fingerprint density at radius 2 is 1.59 bits per heavy atom. The molecule has 0 saturated heterocycles. The lowest BCUT2D eigenvalue weighted by Gasteiger charge is -2.43. The highest BCUT2D eigenvalue weighted by Crippen LogP contribution is 2.55. The molecule has 0 aromatic carbocycles. The smallest absolute Gasteiger partial charge is 0.123 e. The number of hydrogen-bond donors (Lipinski definition) is 1. The van der Waals surface area contributed by atoms with Gasteiger partial charge in [0.2, 0.25) is 0 Å². The number of rotatable bonds is 3. The third kappa shape index (κ3) is 4.35. The monoisotopic (exact) mass is 319 g/mol. The fraction of sp³-hybridized carbons (Fsp3) is 0.800. The summed E-state index contributed by atoms with van der Waals surface area (Å²) < 4.78 is 0. The van der Waals surface area contributed by atoms with Crippen molar-refractivity contribution in [3.05, 3.63) is 24.3 Å². The Labute approximate surface area is 139 Å². The Morgan fingerprint density at radius 3 is 2.14 bits per heavy atom. The predicted molar refractivity (Wildman–Crippen MR) is 102 cm³/mol. The summed E-state index contributed by atoms with van der Waals surface area (Å²) in [4.78, 5) is 4.07. The summed E-state index contributed by atoms with van der Waals surface area (Å²) in [6, 6.07) is 0. The van der Waals surface area contributed by atoms with Crippen molar-refractivity contribution in [2.45, 2.75) is 78.6 Å². The molecule has 2 aliphatic rings. The van der Waals surface area contributed by atoms with Crippen LogP contribution in [-0.4, -0.2) is 13.8 Å². The van der Waals surface area contributed by atoms with Crippen molar-refractivity contribution < 1.29 is 0 Å². The second kappa shape index (κ2) is 5.94. The maximum Gasteiger partial charge on any atom is 0.123 e. The summed E-state index contributed by atoms with van der Waals surface area (Å²) in [7, 11) is -1.51. The van der Waals surface area contributed by atoms with E-state index >= 15 is 0 Å². The molecule has 1 saturated carbocycles. The van der Waals surface area contributed by atoms with E-state index in [4.69, 9.17) is 0 Å². The predicted octanol–water partition coefficient (Wildman–Crippen LogP) is 5.76. The van der Waals surface area contributed by atoms with Gasteiger partial charge in [0.1, 0.15) is 8.24 Å². The van der Waals surface area contributed by atoms with Crippen molar-refractivity contribution in [1.82, 2.24) is 4.98 Å². The average Bonchev–Trinajstić information content (AvgIpc) is 2.60. The summed E-state index contributed by atoms with van der Waals surface area (Å²) in [5.74, 6) is 2.39. The largest absolute Gasteiger partial charge is 0.332 e. The molecule has 1 nitrogen and oxygen atoms in total. The fourth-order valence-corrected chi connectivity index (χ4v) is 10.1. The van der Waals surface area contributed by atoms with Gasteiger partial charge >= 0.3 is 0 Å². The molecule has 2 aliphatic carbocycles. The van der Waals surface area contributed by atoms with E-state index in [0.29, 0.717) is 5.41 Å². The molecule has 0 radical (unpaired) electrons. The number of hydrogen-bond acceptors (Lipinski definition) is 1. The van der Waals surface area contributed by atoms with Crippen molar-refractivity contribution in [3.63, 3.8) is 0 Å². The van der Waals surface area contributed by atoms with Gasteiger partial charge in [-0.05, 0) is 62.3 Å². The highest BCUT2D eigenvalue weighted by molar-refractivity contribution is 6.76. The Bertz CT molecular complexity index is 447. The number of allylic oxidation sites excluding steroid dienone is 4. The van der Waals surface area contributed by atoms with Gasteiger partial charge in [-0.1, -0.05) is 58.2 Å². The average molecular weight is 320 g/mol. The van der Waals surface area contributed by atoms with E-state index in [1.165, 1.54) is 12.8 Å². The van der Waals surface area contributed by atoms with Gasteiger partial charge < -0.3 is 4.98 Å². The molecular weight excluding hydrogens is 282 g/mol. The van der Waals surface area contributed by atoms with Crippen LogP contribution in [0.4, 0.5) is 0 Å². The first kappa shape index (κ1) is 18.0.